The molecule has 192 valence electrons. The lowest BCUT2D eigenvalue weighted by atomic mass is 10.1. The van der Waals surface area contributed by atoms with Gasteiger partial charge in [0, 0.05) is 23.7 Å². The van der Waals surface area contributed by atoms with E-state index in [4.69, 9.17) is 5.11 Å². The number of likely N-dealkylation sites (N-methyl/N-ethyl adjacent to an activating group) is 1. The first kappa shape index (κ1) is 27.0. The Bertz CT molecular complexity index is 1420. The maximum atomic E-state index is 14.1. The molecule has 0 fully saturated rings. The highest BCUT2D eigenvalue weighted by Crippen LogP contribution is 2.30. The van der Waals surface area contributed by atoms with Crippen molar-refractivity contribution in [1.29, 1.82) is 0 Å². The molecule has 15 heteroatoms. The fraction of sp³-hybridized carbons (Fsp3) is 0.143. The number of rotatable bonds is 8. The van der Waals surface area contributed by atoms with Gasteiger partial charge in [-0.2, -0.15) is 4.31 Å². The normalized spacial score (nSPS) is 11.6. The van der Waals surface area contributed by atoms with E-state index in [0.717, 1.165) is 23.1 Å². The lowest BCUT2D eigenvalue weighted by Gasteiger charge is -2.26. The van der Waals surface area contributed by atoms with Crippen molar-refractivity contribution in [1.82, 2.24) is 4.31 Å². The number of carbonyl (C=O) groups is 2. The smallest absolute Gasteiger partial charge is 0.339 e. The van der Waals surface area contributed by atoms with Gasteiger partial charge in [0.15, 0.2) is 28.2 Å². The lowest BCUT2D eigenvalue weighted by Crippen LogP contribution is -2.41. The number of thiophene rings is 1. The van der Waals surface area contributed by atoms with Crippen LogP contribution in [0.5, 0.6) is 5.75 Å². The van der Waals surface area contributed by atoms with E-state index in [1.165, 1.54) is 11.3 Å². The number of aromatic hydroxyl groups is 1. The molecule has 0 radical (unpaired) electrons. The molecule has 1 aromatic heterocycles. The van der Waals surface area contributed by atoms with Crippen LogP contribution >= 0.6 is 11.3 Å². The van der Waals surface area contributed by atoms with Crippen molar-refractivity contribution in [3.8, 4) is 5.75 Å². The van der Waals surface area contributed by atoms with Crippen LogP contribution in [-0.4, -0.2) is 48.4 Å². The third-order valence-electron chi connectivity index (χ3n) is 4.91. The maximum absolute atomic E-state index is 14.1. The zero-order valence-corrected chi connectivity index (χ0v) is 19.6. The molecule has 0 saturated carbocycles. The minimum atomic E-state index is -5.40. The number of aromatic carboxylic acids is 1. The van der Waals surface area contributed by atoms with E-state index in [1.54, 1.807) is 17.5 Å². The Hall–Kier alpha value is -3.56. The molecule has 2 aromatic carbocycles. The van der Waals surface area contributed by atoms with Crippen molar-refractivity contribution in [3.05, 3.63) is 75.2 Å². The van der Waals surface area contributed by atoms with E-state index in [9.17, 15) is 45.1 Å². The number of carboxylic acid groups (broad SMARTS) is 1. The van der Waals surface area contributed by atoms with Crippen LogP contribution in [0, 0.1) is 29.1 Å². The number of carbonyl (C=O) groups excluding carboxylic acids is 1. The number of anilines is 1. The third kappa shape index (κ3) is 5.03. The van der Waals surface area contributed by atoms with Crippen molar-refractivity contribution >= 4 is 38.9 Å². The Kier molecular flexibility index (Phi) is 7.66. The van der Waals surface area contributed by atoms with Crippen molar-refractivity contribution in [2.75, 3.05) is 18.5 Å². The number of phenols is 1. The van der Waals surface area contributed by atoms with Crippen molar-refractivity contribution < 1.29 is 50.2 Å². The average Bonchev–Trinajstić information content (AvgIpc) is 3.32. The Morgan fingerprint density at radius 1 is 0.972 bits per heavy atom. The molecular weight excluding hydrogens is 535 g/mol. The summed E-state index contributed by atoms with van der Waals surface area (Å²) in [5.74, 6) is -15.8. The molecule has 0 unspecified atom stereocenters. The standard InChI is InChI=1S/C21H15F5N2O6S2/c1-27(36(33,34)20-18(25)16(23)15(22)17(24)19(20)26)9-14(30)28(8-11-3-2-6-35-11)10-4-5-12(21(31)32)13(29)7-10/h2-7,29H,8-9H2,1H3,(H,31,32). The third-order valence-corrected chi connectivity index (χ3v) is 7.60. The monoisotopic (exact) mass is 550 g/mol. The Labute approximate surface area is 204 Å². The number of halogens is 5. The van der Waals surface area contributed by atoms with Gasteiger partial charge in [-0.15, -0.1) is 11.3 Å². The molecule has 2 N–H and O–H groups in total. The summed E-state index contributed by atoms with van der Waals surface area (Å²) < 4.78 is 94.2. The molecular formula is C21H15F5N2O6S2. The van der Waals surface area contributed by atoms with E-state index < -0.39 is 73.7 Å². The number of hydrogen-bond donors (Lipinski definition) is 2. The van der Waals surface area contributed by atoms with Crippen LogP contribution in [-0.2, 0) is 21.4 Å². The summed E-state index contributed by atoms with van der Waals surface area (Å²) in [6, 6.07) is 6.36. The average molecular weight is 550 g/mol. The second kappa shape index (κ2) is 10.2. The van der Waals surface area contributed by atoms with Gasteiger partial charge in [-0.05, 0) is 23.6 Å². The molecule has 3 rings (SSSR count). The highest BCUT2D eigenvalue weighted by Gasteiger charge is 2.37. The van der Waals surface area contributed by atoms with Crippen LogP contribution in [0.4, 0.5) is 27.6 Å². The second-order valence-corrected chi connectivity index (χ2v) is 10.2. The van der Waals surface area contributed by atoms with Crippen LogP contribution in [0.15, 0.2) is 40.6 Å². The summed E-state index contributed by atoms with van der Waals surface area (Å²) in [7, 11) is -4.70. The van der Waals surface area contributed by atoms with Crippen LogP contribution in [0.1, 0.15) is 15.2 Å². The van der Waals surface area contributed by atoms with Gasteiger partial charge in [0.1, 0.15) is 11.3 Å². The first-order valence-electron chi connectivity index (χ1n) is 9.64. The molecule has 0 spiro atoms. The SMILES string of the molecule is CN(CC(=O)N(Cc1cccs1)c1ccc(C(=O)O)c(O)c1)S(=O)(=O)c1c(F)c(F)c(F)c(F)c1F. The predicted molar refractivity (Wildman–Crippen MR) is 117 cm³/mol. The van der Waals surface area contributed by atoms with Gasteiger partial charge >= 0.3 is 5.97 Å². The zero-order chi connectivity index (χ0) is 26.9. The van der Waals surface area contributed by atoms with E-state index in [1.807, 2.05) is 0 Å². The summed E-state index contributed by atoms with van der Waals surface area (Å²) in [5.41, 5.74) is -0.536. The van der Waals surface area contributed by atoms with Gasteiger partial charge in [-0.25, -0.2) is 35.2 Å². The van der Waals surface area contributed by atoms with Crippen LogP contribution < -0.4 is 4.90 Å². The van der Waals surface area contributed by atoms with Crippen molar-refractivity contribution in [2.45, 2.75) is 11.4 Å². The highest BCUT2D eigenvalue weighted by molar-refractivity contribution is 7.89. The number of hydrogen-bond acceptors (Lipinski definition) is 6. The van der Waals surface area contributed by atoms with Crippen molar-refractivity contribution in [3.63, 3.8) is 0 Å². The van der Waals surface area contributed by atoms with E-state index in [0.29, 0.717) is 11.9 Å². The number of carboxylic acids is 1. The van der Waals surface area contributed by atoms with E-state index in [-0.39, 0.29) is 16.5 Å². The quantitative estimate of drug-likeness (QED) is 0.251. The molecule has 36 heavy (non-hydrogen) atoms. The molecule has 0 aliphatic carbocycles. The Morgan fingerprint density at radius 3 is 2.06 bits per heavy atom. The minimum absolute atomic E-state index is 0.0575. The molecule has 0 saturated heterocycles. The van der Waals surface area contributed by atoms with Crippen LogP contribution in [0.2, 0.25) is 0 Å². The van der Waals surface area contributed by atoms with Crippen LogP contribution in [0.3, 0.4) is 0 Å². The highest BCUT2D eigenvalue weighted by atomic mass is 32.2. The molecule has 0 aliphatic heterocycles. The summed E-state index contributed by atoms with van der Waals surface area (Å²) in [4.78, 5) is 23.6. The van der Waals surface area contributed by atoms with Crippen molar-refractivity contribution in [2.24, 2.45) is 0 Å². The van der Waals surface area contributed by atoms with Crippen LogP contribution in [0.25, 0.3) is 0 Å². The first-order valence-corrected chi connectivity index (χ1v) is 12.0. The van der Waals surface area contributed by atoms with E-state index >= 15 is 0 Å². The molecule has 1 amide bonds. The van der Waals surface area contributed by atoms with Gasteiger partial charge in [0.05, 0.1) is 13.1 Å². The van der Waals surface area contributed by atoms with Gasteiger partial charge in [0.25, 0.3) is 0 Å². The van der Waals surface area contributed by atoms with Gasteiger partial charge in [-0.1, -0.05) is 6.07 Å². The predicted octanol–water partition coefficient (Wildman–Crippen LogP) is 3.70. The van der Waals surface area contributed by atoms with Gasteiger partial charge < -0.3 is 15.1 Å². The number of benzene rings is 2. The lowest BCUT2D eigenvalue weighted by molar-refractivity contribution is -0.118. The van der Waals surface area contributed by atoms with E-state index in [2.05, 4.69) is 0 Å². The largest absolute Gasteiger partial charge is 0.507 e. The fourth-order valence-corrected chi connectivity index (χ4v) is 5.00. The molecule has 0 bridgehead atoms. The molecule has 3 aromatic rings. The number of sulfonamides is 1. The Balaban J connectivity index is 1.99. The summed E-state index contributed by atoms with van der Waals surface area (Å²) >= 11 is 1.20. The van der Waals surface area contributed by atoms with Gasteiger partial charge in [0.2, 0.25) is 21.7 Å². The Morgan fingerprint density at radius 2 is 1.56 bits per heavy atom. The topological polar surface area (TPSA) is 115 Å². The molecule has 1 heterocycles. The molecule has 0 aliphatic rings. The zero-order valence-electron chi connectivity index (χ0n) is 18.0. The summed E-state index contributed by atoms with van der Waals surface area (Å²) in [6.45, 7) is -1.30. The molecule has 0 atom stereocenters. The van der Waals surface area contributed by atoms with Gasteiger partial charge in [-0.3, -0.25) is 4.79 Å². The second-order valence-electron chi connectivity index (χ2n) is 7.23. The number of amides is 1. The molecule has 8 nitrogen and oxygen atoms in total. The first-order chi connectivity index (χ1) is 16.8. The summed E-state index contributed by atoms with van der Waals surface area (Å²) in [5, 5.41) is 20.8. The maximum Gasteiger partial charge on any atom is 0.339 e. The number of nitrogens with zero attached hydrogens (tertiary/aromatic N) is 2. The fourth-order valence-electron chi connectivity index (χ4n) is 3.08. The minimum Gasteiger partial charge on any atom is -0.507 e. The summed E-state index contributed by atoms with van der Waals surface area (Å²) in [6.07, 6.45) is 0.